The zero-order chi connectivity index (χ0) is 15.1. The molecule has 1 aliphatic heterocycles. The molecule has 2 N–H and O–H groups in total. The molecule has 1 amide bonds. The van der Waals surface area contributed by atoms with Crippen LogP contribution in [0.5, 0.6) is 0 Å². The number of fused-ring (bicyclic) bond motifs is 1. The number of thiophene rings is 1. The minimum absolute atomic E-state index is 0.0673. The Balaban J connectivity index is 1.97. The first-order chi connectivity index (χ1) is 9.97. The predicted octanol–water partition coefficient (Wildman–Crippen LogP) is 3.37. The summed E-state index contributed by atoms with van der Waals surface area (Å²) in [7, 11) is 0. The fourth-order valence-electron chi connectivity index (χ4n) is 2.74. The third kappa shape index (κ3) is 2.50. The van der Waals surface area contributed by atoms with Gasteiger partial charge in [0.15, 0.2) is 0 Å². The number of likely N-dealkylation sites (tertiary alicyclic amines) is 1. The van der Waals surface area contributed by atoms with Crippen LogP contribution in [0.3, 0.4) is 0 Å². The lowest BCUT2D eigenvalue weighted by Crippen LogP contribution is -2.37. The monoisotopic (exact) mass is 303 g/mol. The van der Waals surface area contributed by atoms with E-state index < -0.39 is 0 Å². The summed E-state index contributed by atoms with van der Waals surface area (Å²) < 4.78 is 0. The van der Waals surface area contributed by atoms with Crippen molar-refractivity contribution in [3.8, 4) is 0 Å². The minimum Gasteiger partial charge on any atom is -0.397 e. The van der Waals surface area contributed by atoms with E-state index in [9.17, 15) is 4.79 Å². The van der Waals surface area contributed by atoms with Crippen molar-refractivity contribution < 1.29 is 4.79 Å². The van der Waals surface area contributed by atoms with E-state index in [1.165, 1.54) is 11.3 Å². The first-order valence-corrected chi connectivity index (χ1v) is 8.24. The molecule has 0 aliphatic carbocycles. The standard InChI is InChI=1S/C16H21N3OS/c1-9-4-6-19(7-5-9)16(20)14-13(17)12-8-10(2)11(3)18-15(12)21-14/h8-9H,4-7,17H2,1-3H3. The van der Waals surface area contributed by atoms with Crippen molar-refractivity contribution >= 4 is 33.1 Å². The van der Waals surface area contributed by atoms with E-state index in [0.29, 0.717) is 16.5 Å². The van der Waals surface area contributed by atoms with Crippen molar-refractivity contribution in [2.24, 2.45) is 5.92 Å². The topological polar surface area (TPSA) is 59.2 Å². The average molecular weight is 303 g/mol. The zero-order valence-electron chi connectivity index (χ0n) is 12.8. The highest BCUT2D eigenvalue weighted by Crippen LogP contribution is 2.35. The van der Waals surface area contributed by atoms with Gasteiger partial charge in [0.2, 0.25) is 0 Å². The van der Waals surface area contributed by atoms with Crippen LogP contribution in [0.25, 0.3) is 10.2 Å². The quantitative estimate of drug-likeness (QED) is 0.878. The van der Waals surface area contributed by atoms with Crippen LogP contribution in [0.1, 0.15) is 40.7 Å². The molecule has 1 aliphatic rings. The molecule has 21 heavy (non-hydrogen) atoms. The van der Waals surface area contributed by atoms with Gasteiger partial charge < -0.3 is 10.6 Å². The van der Waals surface area contributed by atoms with E-state index in [1.807, 2.05) is 24.8 Å². The van der Waals surface area contributed by atoms with E-state index in [-0.39, 0.29) is 5.91 Å². The van der Waals surface area contributed by atoms with E-state index in [4.69, 9.17) is 5.73 Å². The molecule has 0 saturated carbocycles. The fraction of sp³-hybridized carbons (Fsp3) is 0.500. The number of pyridine rings is 1. The zero-order valence-corrected chi connectivity index (χ0v) is 13.6. The van der Waals surface area contributed by atoms with Gasteiger partial charge in [-0.1, -0.05) is 6.92 Å². The first-order valence-electron chi connectivity index (χ1n) is 7.43. The fourth-order valence-corrected chi connectivity index (χ4v) is 3.83. The molecule has 3 heterocycles. The number of rotatable bonds is 1. The van der Waals surface area contributed by atoms with Gasteiger partial charge in [-0.2, -0.15) is 0 Å². The third-order valence-electron chi connectivity index (χ3n) is 4.43. The lowest BCUT2D eigenvalue weighted by atomic mass is 9.99. The van der Waals surface area contributed by atoms with Gasteiger partial charge in [0.05, 0.1) is 5.69 Å². The van der Waals surface area contributed by atoms with E-state index in [1.54, 1.807) is 0 Å². The van der Waals surface area contributed by atoms with Gasteiger partial charge in [-0.05, 0) is 44.2 Å². The van der Waals surface area contributed by atoms with Crippen molar-refractivity contribution in [2.75, 3.05) is 18.8 Å². The lowest BCUT2D eigenvalue weighted by Gasteiger charge is -2.30. The molecular formula is C16H21N3OS. The van der Waals surface area contributed by atoms with Crippen molar-refractivity contribution in [3.05, 3.63) is 22.2 Å². The molecule has 0 spiro atoms. The molecular weight excluding hydrogens is 282 g/mol. The number of nitrogens with zero attached hydrogens (tertiary/aromatic N) is 2. The van der Waals surface area contributed by atoms with Crippen molar-refractivity contribution in [2.45, 2.75) is 33.6 Å². The van der Waals surface area contributed by atoms with Crippen molar-refractivity contribution in [3.63, 3.8) is 0 Å². The summed E-state index contributed by atoms with van der Waals surface area (Å²) in [5.41, 5.74) is 8.91. The number of aromatic nitrogens is 1. The number of carbonyl (C=O) groups excluding carboxylic acids is 1. The molecule has 112 valence electrons. The second-order valence-corrected chi connectivity index (χ2v) is 7.06. The van der Waals surface area contributed by atoms with Gasteiger partial charge in [0.1, 0.15) is 9.71 Å². The Labute approximate surface area is 129 Å². The molecule has 2 aromatic rings. The summed E-state index contributed by atoms with van der Waals surface area (Å²) >= 11 is 1.42. The Hall–Kier alpha value is -1.62. The summed E-state index contributed by atoms with van der Waals surface area (Å²) in [6.45, 7) is 7.91. The van der Waals surface area contributed by atoms with Crippen LogP contribution in [-0.2, 0) is 0 Å². The second kappa shape index (κ2) is 5.30. The number of amides is 1. The maximum absolute atomic E-state index is 12.7. The Morgan fingerprint density at radius 1 is 1.38 bits per heavy atom. The Morgan fingerprint density at radius 2 is 2.05 bits per heavy atom. The Kier molecular flexibility index (Phi) is 3.61. The highest BCUT2D eigenvalue weighted by Gasteiger charge is 2.25. The molecule has 0 unspecified atom stereocenters. The first kappa shape index (κ1) is 14.3. The van der Waals surface area contributed by atoms with Crippen LogP contribution < -0.4 is 5.73 Å². The summed E-state index contributed by atoms with van der Waals surface area (Å²) in [5.74, 6) is 0.776. The molecule has 1 fully saturated rings. The number of carbonyl (C=O) groups is 1. The van der Waals surface area contributed by atoms with Crippen LogP contribution in [0, 0.1) is 19.8 Å². The smallest absolute Gasteiger partial charge is 0.266 e. The molecule has 0 atom stereocenters. The molecule has 1 saturated heterocycles. The number of nitrogen functional groups attached to an aromatic ring is 1. The van der Waals surface area contributed by atoms with E-state index >= 15 is 0 Å². The molecule has 0 aromatic carbocycles. The summed E-state index contributed by atoms with van der Waals surface area (Å²) in [4.78, 5) is 20.7. The lowest BCUT2D eigenvalue weighted by molar-refractivity contribution is 0.0703. The minimum atomic E-state index is 0.0673. The van der Waals surface area contributed by atoms with Crippen molar-refractivity contribution in [1.82, 2.24) is 9.88 Å². The van der Waals surface area contributed by atoms with Gasteiger partial charge >= 0.3 is 0 Å². The van der Waals surface area contributed by atoms with Crippen LogP contribution in [0.2, 0.25) is 0 Å². The third-order valence-corrected chi connectivity index (χ3v) is 5.53. The second-order valence-electron chi connectivity index (χ2n) is 6.06. The molecule has 0 bridgehead atoms. The van der Waals surface area contributed by atoms with Gasteiger partial charge in [-0.3, -0.25) is 4.79 Å². The highest BCUT2D eigenvalue weighted by atomic mass is 32.1. The largest absolute Gasteiger partial charge is 0.397 e. The number of hydrogen-bond acceptors (Lipinski definition) is 4. The molecule has 2 aromatic heterocycles. The summed E-state index contributed by atoms with van der Waals surface area (Å²) in [6, 6.07) is 2.04. The van der Waals surface area contributed by atoms with Crippen molar-refractivity contribution in [1.29, 1.82) is 0 Å². The van der Waals surface area contributed by atoms with Gasteiger partial charge in [0.25, 0.3) is 5.91 Å². The normalized spacial score (nSPS) is 16.6. The maximum Gasteiger partial charge on any atom is 0.266 e. The SMILES string of the molecule is Cc1cc2c(N)c(C(=O)N3CCC(C)CC3)sc2nc1C. The molecule has 3 rings (SSSR count). The van der Waals surface area contributed by atoms with Crippen LogP contribution in [0.15, 0.2) is 6.07 Å². The highest BCUT2D eigenvalue weighted by molar-refractivity contribution is 7.21. The Morgan fingerprint density at radius 3 is 2.71 bits per heavy atom. The van der Waals surface area contributed by atoms with Gasteiger partial charge in [-0.25, -0.2) is 4.98 Å². The number of nitrogens with two attached hydrogens (primary N) is 1. The number of hydrogen-bond donors (Lipinski definition) is 1. The molecule has 4 nitrogen and oxygen atoms in total. The molecule has 5 heteroatoms. The van der Waals surface area contributed by atoms with Crippen LogP contribution in [0.4, 0.5) is 5.69 Å². The molecule has 0 radical (unpaired) electrons. The summed E-state index contributed by atoms with van der Waals surface area (Å²) in [6.07, 6.45) is 2.15. The number of anilines is 1. The average Bonchev–Trinajstić information content (AvgIpc) is 2.77. The predicted molar refractivity (Wildman–Crippen MR) is 87.8 cm³/mol. The Bertz CT molecular complexity index is 699. The van der Waals surface area contributed by atoms with E-state index in [0.717, 1.165) is 47.4 Å². The van der Waals surface area contributed by atoms with Gasteiger partial charge in [0, 0.05) is 24.2 Å². The maximum atomic E-state index is 12.7. The van der Waals surface area contributed by atoms with E-state index in [2.05, 4.69) is 11.9 Å². The number of piperidine rings is 1. The van der Waals surface area contributed by atoms with Gasteiger partial charge in [-0.15, -0.1) is 11.3 Å². The van der Waals surface area contributed by atoms with Crippen LogP contribution in [-0.4, -0.2) is 28.9 Å². The number of aryl methyl sites for hydroxylation is 2. The summed E-state index contributed by atoms with van der Waals surface area (Å²) in [5, 5.41) is 0.914. The van der Waals surface area contributed by atoms with Crippen LogP contribution >= 0.6 is 11.3 Å².